The van der Waals surface area contributed by atoms with Gasteiger partial charge in [0.2, 0.25) is 0 Å². The van der Waals surface area contributed by atoms with Crippen molar-refractivity contribution >= 4 is 17.5 Å². The number of ether oxygens (including phenoxy) is 2. The van der Waals surface area contributed by atoms with Crippen LogP contribution in [0.3, 0.4) is 0 Å². The molecule has 0 heterocycles. The van der Waals surface area contributed by atoms with Crippen LogP contribution in [0, 0.1) is 0 Å². The molecule has 1 fully saturated rings. The molecule has 0 unspecified atom stereocenters. The predicted molar refractivity (Wildman–Crippen MR) is 99.0 cm³/mol. The van der Waals surface area contributed by atoms with Gasteiger partial charge in [-0.25, -0.2) is 0 Å². The van der Waals surface area contributed by atoms with Gasteiger partial charge in [-0.15, -0.1) is 0 Å². The van der Waals surface area contributed by atoms with Crippen LogP contribution in [-0.2, 0) is 0 Å². The third-order valence-electron chi connectivity index (χ3n) is 4.02. The zero-order chi connectivity index (χ0) is 18.5. The molecule has 2 aromatic carbocycles. The zero-order valence-corrected chi connectivity index (χ0v) is 14.9. The third-order valence-corrected chi connectivity index (χ3v) is 4.02. The maximum atomic E-state index is 12.5. The van der Waals surface area contributed by atoms with Gasteiger partial charge in [-0.3, -0.25) is 9.59 Å². The number of methoxy groups -OCH3 is 1. The second kappa shape index (κ2) is 7.91. The van der Waals surface area contributed by atoms with E-state index in [0.29, 0.717) is 34.9 Å². The Hall–Kier alpha value is -3.02. The molecule has 0 saturated heterocycles. The molecule has 0 spiro atoms. The van der Waals surface area contributed by atoms with Crippen molar-refractivity contribution in [2.45, 2.75) is 25.8 Å². The fourth-order valence-electron chi connectivity index (χ4n) is 2.52. The number of benzene rings is 2. The molecule has 2 aromatic rings. The lowest BCUT2D eigenvalue weighted by Crippen LogP contribution is -2.25. The Balaban J connectivity index is 1.72. The van der Waals surface area contributed by atoms with Gasteiger partial charge in [0.05, 0.1) is 13.7 Å². The first kappa shape index (κ1) is 17.8. The van der Waals surface area contributed by atoms with Crippen LogP contribution in [0.1, 0.15) is 40.5 Å². The zero-order valence-electron chi connectivity index (χ0n) is 14.9. The summed E-state index contributed by atoms with van der Waals surface area (Å²) in [5.74, 6) is 0.680. The summed E-state index contributed by atoms with van der Waals surface area (Å²) in [6.45, 7) is 2.39. The first-order valence-corrected chi connectivity index (χ1v) is 8.64. The lowest BCUT2D eigenvalue weighted by Gasteiger charge is -2.11. The van der Waals surface area contributed by atoms with E-state index < -0.39 is 0 Å². The normalized spacial score (nSPS) is 13.0. The number of carbonyl (C=O) groups excluding carboxylic acids is 2. The van der Waals surface area contributed by atoms with Crippen LogP contribution in [0.25, 0.3) is 0 Å². The van der Waals surface area contributed by atoms with Crippen molar-refractivity contribution in [3.8, 4) is 11.5 Å². The van der Waals surface area contributed by atoms with Crippen LogP contribution in [-0.4, -0.2) is 31.6 Å². The van der Waals surface area contributed by atoms with Gasteiger partial charge >= 0.3 is 0 Å². The van der Waals surface area contributed by atoms with Crippen LogP contribution in [0.5, 0.6) is 11.5 Å². The highest BCUT2D eigenvalue weighted by Crippen LogP contribution is 2.28. The van der Waals surface area contributed by atoms with Crippen molar-refractivity contribution in [2.75, 3.05) is 19.0 Å². The molecular weight excluding hydrogens is 332 g/mol. The summed E-state index contributed by atoms with van der Waals surface area (Å²) in [5, 5.41) is 5.74. The fraction of sp³-hybridized carbons (Fsp3) is 0.300. The topological polar surface area (TPSA) is 76.7 Å². The lowest BCUT2D eigenvalue weighted by atomic mass is 10.1. The molecule has 6 heteroatoms. The van der Waals surface area contributed by atoms with E-state index in [1.807, 2.05) is 6.92 Å². The summed E-state index contributed by atoms with van der Waals surface area (Å²) < 4.78 is 10.7. The van der Waals surface area contributed by atoms with Gasteiger partial charge in [-0.1, -0.05) is 6.07 Å². The molecule has 2 amide bonds. The predicted octanol–water partition coefficient (Wildman–Crippen LogP) is 3.24. The molecule has 1 aliphatic rings. The molecule has 0 atom stereocenters. The molecule has 0 bridgehead atoms. The van der Waals surface area contributed by atoms with Gasteiger partial charge in [0.15, 0.2) is 11.5 Å². The molecule has 26 heavy (non-hydrogen) atoms. The van der Waals surface area contributed by atoms with Gasteiger partial charge in [-0.05, 0) is 56.2 Å². The van der Waals surface area contributed by atoms with Crippen molar-refractivity contribution in [3.05, 3.63) is 53.6 Å². The van der Waals surface area contributed by atoms with E-state index in [9.17, 15) is 9.59 Å². The molecule has 136 valence electrons. The number of nitrogens with one attached hydrogen (secondary N) is 2. The number of hydrogen-bond donors (Lipinski definition) is 2. The van der Waals surface area contributed by atoms with E-state index >= 15 is 0 Å². The largest absolute Gasteiger partial charge is 0.493 e. The Bertz CT molecular complexity index is 815. The first-order valence-electron chi connectivity index (χ1n) is 8.64. The highest BCUT2D eigenvalue weighted by atomic mass is 16.5. The van der Waals surface area contributed by atoms with Crippen molar-refractivity contribution in [1.82, 2.24) is 5.32 Å². The van der Waals surface area contributed by atoms with Gasteiger partial charge in [0, 0.05) is 22.9 Å². The maximum absolute atomic E-state index is 12.5. The van der Waals surface area contributed by atoms with Crippen LogP contribution in [0.4, 0.5) is 5.69 Å². The quantitative estimate of drug-likeness (QED) is 0.800. The number of anilines is 1. The Morgan fingerprint density at radius 3 is 2.50 bits per heavy atom. The average molecular weight is 354 g/mol. The maximum Gasteiger partial charge on any atom is 0.255 e. The lowest BCUT2D eigenvalue weighted by molar-refractivity contribution is 0.0949. The summed E-state index contributed by atoms with van der Waals surface area (Å²) in [6.07, 6.45) is 2.06. The van der Waals surface area contributed by atoms with Gasteiger partial charge in [-0.2, -0.15) is 0 Å². The summed E-state index contributed by atoms with van der Waals surface area (Å²) in [5.41, 5.74) is 1.53. The summed E-state index contributed by atoms with van der Waals surface area (Å²) in [6, 6.07) is 12.2. The Kier molecular flexibility index (Phi) is 5.41. The molecule has 1 aliphatic carbocycles. The molecule has 0 aromatic heterocycles. The highest BCUT2D eigenvalue weighted by Gasteiger charge is 2.23. The van der Waals surface area contributed by atoms with E-state index in [4.69, 9.17) is 9.47 Å². The number of amides is 2. The number of rotatable bonds is 7. The fourth-order valence-corrected chi connectivity index (χ4v) is 2.52. The number of hydrogen-bond acceptors (Lipinski definition) is 4. The van der Waals surface area contributed by atoms with Crippen molar-refractivity contribution in [2.24, 2.45) is 0 Å². The second-order valence-electron chi connectivity index (χ2n) is 6.08. The van der Waals surface area contributed by atoms with Gasteiger partial charge in [0.25, 0.3) is 11.8 Å². The summed E-state index contributed by atoms with van der Waals surface area (Å²) in [7, 11) is 1.53. The summed E-state index contributed by atoms with van der Waals surface area (Å²) in [4.78, 5) is 24.6. The minimum Gasteiger partial charge on any atom is -0.493 e. The molecule has 0 aliphatic heterocycles. The standard InChI is InChI=1S/C20H22N2O4/c1-3-26-17-10-7-14(12-18(17)25-2)20(24)22-16-6-4-5-13(11-16)19(23)21-15-8-9-15/h4-7,10-12,15H,3,8-9H2,1-2H3,(H,21,23)(H,22,24). The summed E-state index contributed by atoms with van der Waals surface area (Å²) >= 11 is 0. The monoisotopic (exact) mass is 354 g/mol. The van der Waals surface area contributed by atoms with E-state index in [1.165, 1.54) is 7.11 Å². The molecular formula is C20H22N2O4. The molecule has 3 rings (SSSR count). The SMILES string of the molecule is CCOc1ccc(C(=O)Nc2cccc(C(=O)NC3CC3)c2)cc1OC. The average Bonchev–Trinajstić information content (AvgIpc) is 3.46. The minimum absolute atomic E-state index is 0.119. The minimum atomic E-state index is -0.286. The van der Waals surface area contributed by atoms with Gasteiger partial charge in [0.1, 0.15) is 0 Å². The Labute approximate surface area is 152 Å². The van der Waals surface area contributed by atoms with Crippen LogP contribution in [0.2, 0.25) is 0 Å². The molecule has 2 N–H and O–H groups in total. The van der Waals surface area contributed by atoms with Crippen molar-refractivity contribution < 1.29 is 19.1 Å². The first-order chi connectivity index (χ1) is 12.6. The molecule has 1 saturated carbocycles. The van der Waals surface area contributed by atoms with E-state index in [2.05, 4.69) is 10.6 Å². The van der Waals surface area contributed by atoms with E-state index in [0.717, 1.165) is 12.8 Å². The second-order valence-corrected chi connectivity index (χ2v) is 6.08. The Morgan fingerprint density at radius 2 is 1.81 bits per heavy atom. The van der Waals surface area contributed by atoms with Crippen molar-refractivity contribution in [1.29, 1.82) is 0 Å². The van der Waals surface area contributed by atoms with Crippen LogP contribution >= 0.6 is 0 Å². The smallest absolute Gasteiger partial charge is 0.255 e. The van der Waals surface area contributed by atoms with Crippen LogP contribution < -0.4 is 20.1 Å². The van der Waals surface area contributed by atoms with Crippen molar-refractivity contribution in [3.63, 3.8) is 0 Å². The van der Waals surface area contributed by atoms with E-state index in [1.54, 1.807) is 42.5 Å². The van der Waals surface area contributed by atoms with Crippen LogP contribution in [0.15, 0.2) is 42.5 Å². The van der Waals surface area contributed by atoms with Gasteiger partial charge < -0.3 is 20.1 Å². The number of carbonyl (C=O) groups is 2. The molecule has 0 radical (unpaired) electrons. The third kappa shape index (κ3) is 4.33. The van der Waals surface area contributed by atoms with E-state index in [-0.39, 0.29) is 17.9 Å². The highest BCUT2D eigenvalue weighted by molar-refractivity contribution is 6.05. The Morgan fingerprint density at radius 1 is 1.04 bits per heavy atom. The molecule has 6 nitrogen and oxygen atoms in total.